The number of fused-ring (bicyclic) bond motifs is 1. The quantitative estimate of drug-likeness (QED) is 0.529. The van der Waals surface area contributed by atoms with Gasteiger partial charge in [-0.05, 0) is 57.1 Å². The molecule has 3 aromatic rings. The van der Waals surface area contributed by atoms with E-state index in [1.807, 2.05) is 31.1 Å². The number of aromatic amines is 1. The molecule has 0 spiro atoms. The number of nitrogens with one attached hydrogen (secondary N) is 1. The summed E-state index contributed by atoms with van der Waals surface area (Å²) in [6, 6.07) is 8.35. The van der Waals surface area contributed by atoms with E-state index in [1.165, 1.54) is 11.1 Å². The SMILES string of the molecule is Cc1c(CN2CCC(n3c(CN(C)C)cnc3CCC(F)(F)F)CC2)ccc2[nH]c(C#N)cc12. The van der Waals surface area contributed by atoms with E-state index in [4.69, 9.17) is 5.26 Å². The lowest BCUT2D eigenvalue weighted by atomic mass is 10.0. The molecule has 0 amide bonds. The van der Waals surface area contributed by atoms with E-state index in [1.54, 1.807) is 6.20 Å². The zero-order chi connectivity index (χ0) is 24.5. The fourth-order valence-corrected chi connectivity index (χ4v) is 4.97. The minimum atomic E-state index is -4.19. The number of aromatic nitrogens is 3. The predicted octanol–water partition coefficient (Wildman–Crippen LogP) is 4.94. The van der Waals surface area contributed by atoms with Gasteiger partial charge in [0.1, 0.15) is 17.6 Å². The van der Waals surface area contributed by atoms with E-state index in [9.17, 15) is 13.2 Å². The van der Waals surface area contributed by atoms with Crippen molar-refractivity contribution in [1.29, 1.82) is 5.26 Å². The third-order valence-electron chi connectivity index (χ3n) is 6.68. The van der Waals surface area contributed by atoms with Gasteiger partial charge in [-0.1, -0.05) is 6.07 Å². The number of imidazole rings is 1. The molecule has 1 N–H and O–H groups in total. The lowest BCUT2D eigenvalue weighted by Gasteiger charge is -2.34. The molecule has 0 saturated carbocycles. The van der Waals surface area contributed by atoms with Gasteiger partial charge >= 0.3 is 6.18 Å². The zero-order valence-electron chi connectivity index (χ0n) is 19.9. The monoisotopic (exact) mass is 472 g/mol. The Labute approximate surface area is 198 Å². The predicted molar refractivity (Wildman–Crippen MR) is 125 cm³/mol. The van der Waals surface area contributed by atoms with E-state index in [-0.39, 0.29) is 12.5 Å². The number of piperidine rings is 1. The molecule has 1 aliphatic rings. The molecule has 0 aliphatic carbocycles. The van der Waals surface area contributed by atoms with Crippen LogP contribution < -0.4 is 0 Å². The number of nitrogens with zero attached hydrogens (tertiary/aromatic N) is 5. The van der Waals surface area contributed by atoms with Crippen molar-refractivity contribution in [3.8, 4) is 6.07 Å². The highest BCUT2D eigenvalue weighted by molar-refractivity contribution is 5.85. The van der Waals surface area contributed by atoms with Gasteiger partial charge in [-0.15, -0.1) is 0 Å². The molecule has 34 heavy (non-hydrogen) atoms. The Bertz CT molecular complexity index is 1180. The average Bonchev–Trinajstić information content (AvgIpc) is 3.38. The summed E-state index contributed by atoms with van der Waals surface area (Å²) >= 11 is 0. The second-order valence-corrected chi connectivity index (χ2v) is 9.50. The maximum absolute atomic E-state index is 12.9. The molecule has 4 rings (SSSR count). The van der Waals surface area contributed by atoms with Crippen molar-refractivity contribution in [1.82, 2.24) is 24.3 Å². The Morgan fingerprint density at radius 2 is 1.97 bits per heavy atom. The van der Waals surface area contributed by atoms with Crippen LogP contribution >= 0.6 is 0 Å². The van der Waals surface area contributed by atoms with Gasteiger partial charge in [-0.3, -0.25) is 4.90 Å². The van der Waals surface area contributed by atoms with Crippen LogP contribution in [0.15, 0.2) is 24.4 Å². The number of H-pyrrole nitrogens is 1. The smallest absolute Gasteiger partial charge is 0.346 e. The molecule has 9 heteroatoms. The Morgan fingerprint density at radius 3 is 2.62 bits per heavy atom. The molecule has 1 aromatic carbocycles. The van der Waals surface area contributed by atoms with Gasteiger partial charge < -0.3 is 14.5 Å². The topological polar surface area (TPSA) is 63.9 Å². The van der Waals surface area contributed by atoms with Crippen LogP contribution in [0.5, 0.6) is 0 Å². The molecule has 3 heterocycles. The van der Waals surface area contributed by atoms with Crippen LogP contribution in [0.25, 0.3) is 10.9 Å². The van der Waals surface area contributed by atoms with Gasteiger partial charge in [-0.25, -0.2) is 4.98 Å². The highest BCUT2D eigenvalue weighted by Gasteiger charge is 2.30. The summed E-state index contributed by atoms with van der Waals surface area (Å²) in [5.41, 5.74) is 4.91. The normalized spacial score (nSPS) is 15.9. The summed E-state index contributed by atoms with van der Waals surface area (Å²) in [6.07, 6.45) is -1.63. The first kappa shape index (κ1) is 24.3. The molecule has 1 fully saturated rings. The van der Waals surface area contributed by atoms with E-state index in [0.29, 0.717) is 18.1 Å². The van der Waals surface area contributed by atoms with Gasteiger partial charge in [0.2, 0.25) is 0 Å². The molecule has 0 unspecified atom stereocenters. The van der Waals surface area contributed by atoms with E-state index >= 15 is 0 Å². The largest absolute Gasteiger partial charge is 0.389 e. The average molecular weight is 473 g/mol. The van der Waals surface area contributed by atoms with Crippen molar-refractivity contribution < 1.29 is 13.2 Å². The van der Waals surface area contributed by atoms with Crippen molar-refractivity contribution in [3.63, 3.8) is 0 Å². The minimum absolute atomic E-state index is 0.0856. The number of hydrogen-bond donors (Lipinski definition) is 1. The summed E-state index contributed by atoms with van der Waals surface area (Å²) in [5.74, 6) is 0.537. The fraction of sp³-hybridized carbons (Fsp3) is 0.520. The van der Waals surface area contributed by atoms with Crippen LogP contribution in [0.4, 0.5) is 13.2 Å². The van der Waals surface area contributed by atoms with Crippen molar-refractivity contribution in [2.75, 3.05) is 27.2 Å². The number of aryl methyl sites for hydroxylation is 2. The van der Waals surface area contributed by atoms with Crippen LogP contribution in [0, 0.1) is 18.3 Å². The van der Waals surface area contributed by atoms with Gasteiger partial charge in [0.15, 0.2) is 0 Å². The molecule has 1 aliphatic heterocycles. The summed E-state index contributed by atoms with van der Waals surface area (Å²) in [6.45, 7) is 5.30. The van der Waals surface area contributed by atoms with Crippen molar-refractivity contribution in [2.45, 2.75) is 57.9 Å². The van der Waals surface area contributed by atoms with E-state index in [2.05, 4.69) is 38.5 Å². The molecule has 6 nitrogen and oxygen atoms in total. The van der Waals surface area contributed by atoms with Crippen LogP contribution in [0.3, 0.4) is 0 Å². The van der Waals surface area contributed by atoms with E-state index < -0.39 is 12.6 Å². The molecular formula is C25H31F3N6. The second kappa shape index (κ2) is 9.80. The molecule has 0 atom stereocenters. The van der Waals surface area contributed by atoms with Crippen LogP contribution in [-0.2, 0) is 19.5 Å². The summed E-state index contributed by atoms with van der Waals surface area (Å²) in [5, 5.41) is 10.2. The van der Waals surface area contributed by atoms with E-state index in [0.717, 1.165) is 49.1 Å². The van der Waals surface area contributed by atoms with Crippen molar-refractivity contribution >= 4 is 10.9 Å². The maximum atomic E-state index is 12.9. The number of rotatable bonds is 7. The number of nitriles is 1. The van der Waals surface area contributed by atoms with Gasteiger partial charge in [-0.2, -0.15) is 18.4 Å². The van der Waals surface area contributed by atoms with Crippen molar-refractivity contribution in [3.05, 3.63) is 52.7 Å². The van der Waals surface area contributed by atoms with Gasteiger partial charge in [0.25, 0.3) is 0 Å². The molecular weight excluding hydrogens is 441 g/mol. The first-order valence-electron chi connectivity index (χ1n) is 11.6. The Hall–Kier alpha value is -2.83. The summed E-state index contributed by atoms with van der Waals surface area (Å²) in [4.78, 5) is 11.9. The second-order valence-electron chi connectivity index (χ2n) is 9.50. The first-order chi connectivity index (χ1) is 16.1. The Morgan fingerprint density at radius 1 is 1.24 bits per heavy atom. The molecule has 182 valence electrons. The van der Waals surface area contributed by atoms with Crippen LogP contribution in [0.1, 0.15) is 53.6 Å². The van der Waals surface area contributed by atoms with Crippen LogP contribution in [0.2, 0.25) is 0 Å². The van der Waals surface area contributed by atoms with Crippen LogP contribution in [-0.4, -0.2) is 57.7 Å². The summed E-state index contributed by atoms with van der Waals surface area (Å²) in [7, 11) is 3.91. The zero-order valence-corrected chi connectivity index (χ0v) is 19.9. The third-order valence-corrected chi connectivity index (χ3v) is 6.68. The molecule has 1 saturated heterocycles. The first-order valence-corrected chi connectivity index (χ1v) is 11.6. The fourth-order valence-electron chi connectivity index (χ4n) is 4.97. The van der Waals surface area contributed by atoms with Gasteiger partial charge in [0.05, 0.1) is 12.1 Å². The molecule has 2 aromatic heterocycles. The highest BCUT2D eigenvalue weighted by Crippen LogP contribution is 2.30. The lowest BCUT2D eigenvalue weighted by molar-refractivity contribution is -0.134. The summed E-state index contributed by atoms with van der Waals surface area (Å²) < 4.78 is 40.7. The maximum Gasteiger partial charge on any atom is 0.389 e. The number of hydrogen-bond acceptors (Lipinski definition) is 4. The Balaban J connectivity index is 1.46. The molecule has 0 bridgehead atoms. The standard InChI is InChI=1S/C25H31F3N6/c1-17-18(4-5-23-22(17)12-19(13-29)31-23)15-33-10-7-20(8-11-33)34-21(16-32(2)3)14-30-24(34)6-9-25(26,27)28/h4-5,12,14,20,31H,6-11,15-16H2,1-3H3. The highest BCUT2D eigenvalue weighted by atomic mass is 19.4. The van der Waals surface area contributed by atoms with Crippen molar-refractivity contribution in [2.24, 2.45) is 0 Å². The third kappa shape index (κ3) is 5.45. The number of likely N-dealkylation sites (tertiary alicyclic amines) is 1. The minimum Gasteiger partial charge on any atom is -0.346 e. The number of halogens is 3. The molecule has 0 radical (unpaired) electrons. The van der Waals surface area contributed by atoms with Gasteiger partial charge in [0, 0.05) is 55.7 Å². The lowest BCUT2D eigenvalue weighted by Crippen LogP contribution is -2.35. The number of alkyl halides is 3. The Kier molecular flexibility index (Phi) is 7.01. The number of benzene rings is 1.